The quantitative estimate of drug-likeness (QED) is 0.339. The fourth-order valence-corrected chi connectivity index (χ4v) is 4.10. The zero-order valence-electron chi connectivity index (χ0n) is 20.9. The monoisotopic (exact) mass is 511 g/mol. The van der Waals surface area contributed by atoms with Crippen LogP contribution in [0.1, 0.15) is 39.6 Å². The molecular weight excluding hydrogens is 485 g/mol. The summed E-state index contributed by atoms with van der Waals surface area (Å²) in [6.07, 6.45) is 0.506. The van der Waals surface area contributed by atoms with Gasteiger partial charge in [-0.2, -0.15) is 0 Å². The Morgan fingerprint density at radius 3 is 2.18 bits per heavy atom. The van der Waals surface area contributed by atoms with Crippen LogP contribution in [-0.2, 0) is 4.79 Å². The summed E-state index contributed by atoms with van der Waals surface area (Å²) in [5, 5.41) is 5.51. The summed E-state index contributed by atoms with van der Waals surface area (Å²) in [4.78, 5) is 53.0. The number of nitrogens with one attached hydrogen (secondary N) is 2. The average molecular weight is 512 g/mol. The van der Waals surface area contributed by atoms with Gasteiger partial charge in [0.15, 0.2) is 5.78 Å². The number of carbonyl (C=O) groups excluding carboxylic acids is 3. The van der Waals surface area contributed by atoms with Crippen LogP contribution in [0.5, 0.6) is 0 Å². The minimum absolute atomic E-state index is 0.0460. The van der Waals surface area contributed by atoms with E-state index in [2.05, 4.69) is 10.6 Å². The van der Waals surface area contributed by atoms with Gasteiger partial charge in [-0.1, -0.05) is 49.4 Å². The third-order valence-electron chi connectivity index (χ3n) is 6.16. The number of halogens is 1. The number of hydrogen-bond acceptors (Lipinski definition) is 5. The molecule has 0 bridgehead atoms. The van der Waals surface area contributed by atoms with Crippen LogP contribution in [0.2, 0.25) is 0 Å². The highest BCUT2D eigenvalue weighted by molar-refractivity contribution is 6.10. The second-order valence-corrected chi connectivity index (χ2v) is 8.60. The van der Waals surface area contributed by atoms with Gasteiger partial charge in [0.2, 0.25) is 5.91 Å². The van der Waals surface area contributed by atoms with Gasteiger partial charge in [0, 0.05) is 16.7 Å². The van der Waals surface area contributed by atoms with E-state index in [9.17, 15) is 23.6 Å². The van der Waals surface area contributed by atoms with Crippen LogP contribution in [0, 0.1) is 5.82 Å². The first kappa shape index (κ1) is 26.4. The van der Waals surface area contributed by atoms with Gasteiger partial charge in [-0.25, -0.2) is 8.96 Å². The zero-order valence-corrected chi connectivity index (χ0v) is 20.9. The maximum Gasteiger partial charge on any atom is 0.281 e. The molecule has 7 nitrogen and oxygen atoms in total. The van der Waals surface area contributed by atoms with Crippen molar-refractivity contribution in [1.29, 1.82) is 0 Å². The molecule has 0 spiro atoms. The molecule has 0 saturated heterocycles. The molecule has 38 heavy (non-hydrogen) atoms. The van der Waals surface area contributed by atoms with E-state index < -0.39 is 35.0 Å². The topological polar surface area (TPSA) is 97.3 Å². The molecule has 192 valence electrons. The number of amides is 1. The maximum absolute atomic E-state index is 13.8. The second-order valence-electron chi connectivity index (χ2n) is 8.60. The van der Waals surface area contributed by atoms with Crippen LogP contribution < -0.4 is 16.2 Å². The lowest BCUT2D eigenvalue weighted by Crippen LogP contribution is -2.40. The van der Waals surface area contributed by atoms with E-state index in [1.165, 1.54) is 42.5 Å². The number of anilines is 1. The highest BCUT2D eigenvalue weighted by Gasteiger charge is 2.22. The number of rotatable bonds is 8. The van der Waals surface area contributed by atoms with Crippen LogP contribution in [-0.4, -0.2) is 35.3 Å². The van der Waals surface area contributed by atoms with E-state index in [1.54, 1.807) is 49.5 Å². The summed E-state index contributed by atoms with van der Waals surface area (Å²) in [5.74, 6) is -1.93. The van der Waals surface area contributed by atoms with Gasteiger partial charge in [-0.05, 0) is 67.6 Å². The number of aromatic nitrogens is 1. The Morgan fingerprint density at radius 2 is 1.53 bits per heavy atom. The molecule has 0 aliphatic heterocycles. The summed E-state index contributed by atoms with van der Waals surface area (Å²) in [5.41, 5.74) is 0.771. The van der Waals surface area contributed by atoms with Crippen LogP contribution in [0.25, 0.3) is 11.3 Å². The van der Waals surface area contributed by atoms with E-state index in [0.29, 0.717) is 17.7 Å². The van der Waals surface area contributed by atoms with Crippen molar-refractivity contribution < 1.29 is 18.8 Å². The Morgan fingerprint density at radius 1 is 0.842 bits per heavy atom. The van der Waals surface area contributed by atoms with Crippen LogP contribution >= 0.6 is 0 Å². The molecule has 2 N–H and O–H groups in total. The molecule has 0 radical (unpaired) electrons. The van der Waals surface area contributed by atoms with Crippen molar-refractivity contribution in [3.05, 3.63) is 124 Å². The molecule has 1 amide bonds. The molecule has 4 aromatic rings. The number of benzene rings is 3. The minimum Gasteiger partial charge on any atom is -0.320 e. The van der Waals surface area contributed by atoms with Crippen molar-refractivity contribution in [2.45, 2.75) is 19.4 Å². The standard InChI is InChI=1S/C30H26FN3O4/c1-3-24(32-2)28(36)33-25-16-17-26(19-8-5-4-6-9-19)34(30(25)38)29(37)22-11-7-10-21(18-22)27(35)20-12-14-23(31)15-13-20/h4-18,24,32H,3H2,1-2H3,(H,33,36)/t24-/m0/s1. The third kappa shape index (κ3) is 5.50. The Kier molecular flexibility index (Phi) is 8.03. The van der Waals surface area contributed by atoms with Crippen LogP contribution in [0.3, 0.4) is 0 Å². The lowest BCUT2D eigenvalue weighted by atomic mass is 10.0. The Bertz CT molecular complexity index is 1540. The summed E-state index contributed by atoms with van der Waals surface area (Å²) in [6, 6.07) is 22.6. The van der Waals surface area contributed by atoms with Crippen molar-refractivity contribution in [2.24, 2.45) is 0 Å². The van der Waals surface area contributed by atoms with Crippen molar-refractivity contribution in [3.63, 3.8) is 0 Å². The predicted octanol–water partition coefficient (Wildman–Crippen LogP) is 4.51. The molecule has 0 fully saturated rings. The number of hydrogen-bond donors (Lipinski definition) is 2. The van der Waals surface area contributed by atoms with Gasteiger partial charge < -0.3 is 10.6 Å². The van der Waals surface area contributed by atoms with Gasteiger partial charge in [-0.15, -0.1) is 0 Å². The Labute approximate surface area is 218 Å². The number of likely N-dealkylation sites (N-methyl/N-ethyl adjacent to an activating group) is 1. The number of nitrogens with zero attached hydrogens (tertiary/aromatic N) is 1. The number of ketones is 1. The number of carbonyl (C=O) groups is 3. The van der Waals surface area contributed by atoms with Gasteiger partial charge in [0.1, 0.15) is 11.5 Å². The molecular formula is C30H26FN3O4. The first-order valence-corrected chi connectivity index (χ1v) is 12.1. The van der Waals surface area contributed by atoms with Gasteiger partial charge in [-0.3, -0.25) is 19.2 Å². The molecule has 1 atom stereocenters. The summed E-state index contributed by atoms with van der Waals surface area (Å²) in [7, 11) is 1.65. The van der Waals surface area contributed by atoms with E-state index >= 15 is 0 Å². The molecule has 0 unspecified atom stereocenters. The third-order valence-corrected chi connectivity index (χ3v) is 6.16. The molecule has 8 heteroatoms. The Balaban J connectivity index is 1.79. The smallest absolute Gasteiger partial charge is 0.281 e. The summed E-state index contributed by atoms with van der Waals surface area (Å²) < 4.78 is 14.3. The highest BCUT2D eigenvalue weighted by Crippen LogP contribution is 2.21. The number of pyridine rings is 1. The SMILES string of the molecule is CC[C@H](NC)C(=O)Nc1ccc(-c2ccccc2)n(C(=O)c2cccc(C(=O)c3ccc(F)cc3)c2)c1=O. The van der Waals surface area contributed by atoms with Crippen LogP contribution in [0.4, 0.5) is 10.1 Å². The molecule has 0 aliphatic carbocycles. The van der Waals surface area contributed by atoms with Crippen molar-refractivity contribution in [3.8, 4) is 11.3 Å². The fourth-order valence-electron chi connectivity index (χ4n) is 4.10. The summed E-state index contributed by atoms with van der Waals surface area (Å²) in [6.45, 7) is 1.83. The molecule has 0 saturated carbocycles. The average Bonchev–Trinajstić information content (AvgIpc) is 2.95. The van der Waals surface area contributed by atoms with E-state index in [1.807, 2.05) is 13.0 Å². The first-order valence-electron chi connectivity index (χ1n) is 12.1. The van der Waals surface area contributed by atoms with E-state index in [-0.39, 0.29) is 22.4 Å². The van der Waals surface area contributed by atoms with Gasteiger partial charge >= 0.3 is 0 Å². The fraction of sp³-hybridized carbons (Fsp3) is 0.133. The lowest BCUT2D eigenvalue weighted by molar-refractivity contribution is -0.118. The zero-order chi connectivity index (χ0) is 27.2. The van der Waals surface area contributed by atoms with Crippen molar-refractivity contribution in [1.82, 2.24) is 9.88 Å². The van der Waals surface area contributed by atoms with E-state index in [0.717, 1.165) is 4.57 Å². The molecule has 1 aromatic heterocycles. The summed E-state index contributed by atoms with van der Waals surface area (Å²) >= 11 is 0. The van der Waals surface area contributed by atoms with Crippen molar-refractivity contribution in [2.75, 3.05) is 12.4 Å². The normalized spacial score (nSPS) is 11.6. The molecule has 1 heterocycles. The van der Waals surface area contributed by atoms with Gasteiger partial charge in [0.05, 0.1) is 11.7 Å². The first-order chi connectivity index (χ1) is 18.3. The van der Waals surface area contributed by atoms with Crippen LogP contribution in [0.15, 0.2) is 95.8 Å². The van der Waals surface area contributed by atoms with E-state index in [4.69, 9.17) is 0 Å². The van der Waals surface area contributed by atoms with Gasteiger partial charge in [0.25, 0.3) is 11.5 Å². The second kappa shape index (κ2) is 11.6. The minimum atomic E-state index is -0.703. The molecule has 3 aromatic carbocycles. The largest absolute Gasteiger partial charge is 0.320 e. The molecule has 4 rings (SSSR count). The highest BCUT2D eigenvalue weighted by atomic mass is 19.1. The maximum atomic E-state index is 13.8. The van der Waals surface area contributed by atoms with Crippen molar-refractivity contribution >= 4 is 23.3 Å². The predicted molar refractivity (Wildman–Crippen MR) is 144 cm³/mol. The lowest BCUT2D eigenvalue weighted by Gasteiger charge is -2.17. The Hall–Kier alpha value is -4.69. The molecule has 0 aliphatic rings.